The average Bonchev–Trinajstić information content (AvgIpc) is 3.84. The number of para-hydroxylation sites is 2. The van der Waals surface area contributed by atoms with E-state index in [1.807, 2.05) is 0 Å². The molecule has 0 saturated carbocycles. The van der Waals surface area contributed by atoms with E-state index in [2.05, 4.69) is 0 Å². The Morgan fingerprint density at radius 3 is 2.00 bits per heavy atom. The first-order valence-electron chi connectivity index (χ1n) is 22.7. The van der Waals surface area contributed by atoms with Gasteiger partial charge in [0.05, 0.1) is 47.6 Å². The van der Waals surface area contributed by atoms with Crippen LogP contribution in [0.4, 0.5) is 17.1 Å². The van der Waals surface area contributed by atoms with Gasteiger partial charge in [0.25, 0.3) is 0 Å². The molecule has 6 aromatic carbocycles. The van der Waals surface area contributed by atoms with Crippen LogP contribution in [0.25, 0.3) is 53.2 Å². The van der Waals surface area contributed by atoms with Crippen molar-refractivity contribution in [2.45, 2.75) is 0 Å². The zero-order chi connectivity index (χ0) is 45.8. The fourth-order valence-electron chi connectivity index (χ4n) is 4.20. The van der Waals surface area contributed by atoms with Crippen molar-refractivity contribution < 1.29 is 35.9 Å². The molecule has 8 rings (SSSR count). The summed E-state index contributed by atoms with van der Waals surface area (Å²) >= 11 is 0.581. The molecule has 2 heterocycles. The van der Waals surface area contributed by atoms with Crippen molar-refractivity contribution in [2.24, 2.45) is 0 Å². The van der Waals surface area contributed by atoms with Crippen molar-refractivity contribution in [3.05, 3.63) is 139 Å². The molecular weight excluding hydrogens is 494 g/mol. The van der Waals surface area contributed by atoms with Crippen molar-refractivity contribution in [1.29, 1.82) is 0 Å². The molecule has 8 aromatic rings. The summed E-state index contributed by atoms with van der Waals surface area (Å²) in [6.45, 7) is 0. The van der Waals surface area contributed by atoms with Gasteiger partial charge in [0, 0.05) is 31.9 Å². The van der Waals surface area contributed by atoms with Gasteiger partial charge < -0.3 is 9.32 Å². The van der Waals surface area contributed by atoms with E-state index in [0.717, 1.165) is 0 Å². The number of fused-ring (bicyclic) bond motifs is 6. The Labute approximate surface area is 262 Å². The van der Waals surface area contributed by atoms with Crippen LogP contribution in [0.15, 0.2) is 143 Å². The number of rotatable bonds is 4. The molecule has 0 fully saturated rings. The minimum Gasteiger partial charge on any atom is -0.454 e. The quantitative estimate of drug-likeness (QED) is 0.221. The van der Waals surface area contributed by atoms with Crippen molar-refractivity contribution >= 4 is 70.5 Å². The van der Waals surface area contributed by atoms with Gasteiger partial charge in [-0.25, -0.2) is 0 Å². The first-order chi connectivity index (χ1) is 28.9. The minimum atomic E-state index is -1.07. The second kappa shape index (κ2) is 8.87. The highest BCUT2D eigenvalue weighted by Gasteiger charge is 2.22. The fraction of sp³-hybridized carbons (Fsp3) is 0. The maximum absolute atomic E-state index is 9.43. The number of thiophene rings is 1. The lowest BCUT2D eigenvalue weighted by Crippen LogP contribution is -2.10. The highest BCUT2D eigenvalue weighted by molar-refractivity contribution is 7.26. The zero-order valence-corrected chi connectivity index (χ0v) is 20.1. The Morgan fingerprint density at radius 2 is 1.15 bits per heavy atom. The molecule has 0 aliphatic rings. The standard InChI is InChI=1S/C36H23NOS/c1-2-10-24(11-3-1)25-20-22-26(23-21-25)37(31-16-8-14-29-27-12-4-6-18-33(27)38-35(29)31)32-17-9-15-30-28-13-5-7-19-34(28)39-36(30)32/h1-23H/i1D,2D,3D,4D,5D,6D,7D,8D,9D,10D,11D,12D,13D,14D,15D,16D,17D,18D,19D,20D,21D,22D,23D. The third-order valence-corrected chi connectivity index (χ3v) is 6.98. The number of anilines is 3. The summed E-state index contributed by atoms with van der Waals surface area (Å²) in [5.74, 6) is 0. The van der Waals surface area contributed by atoms with E-state index < -0.39 is 189 Å². The van der Waals surface area contributed by atoms with Crippen molar-refractivity contribution in [3.63, 3.8) is 0 Å². The first-order valence-corrected chi connectivity index (χ1v) is 12.1. The number of nitrogens with zero attached hydrogens (tertiary/aromatic N) is 1. The molecule has 0 unspecified atom stereocenters. The van der Waals surface area contributed by atoms with Gasteiger partial charge in [-0.15, -0.1) is 11.3 Å². The Bertz CT molecular complexity index is 3200. The molecule has 0 N–H and O–H groups in total. The Morgan fingerprint density at radius 1 is 0.513 bits per heavy atom. The molecule has 0 aliphatic heterocycles. The molecule has 2 aromatic heterocycles. The Kier molecular flexibility index (Phi) is 2.07. The van der Waals surface area contributed by atoms with Crippen molar-refractivity contribution in [3.8, 4) is 11.1 Å². The fourth-order valence-corrected chi connectivity index (χ4v) is 5.26. The van der Waals surface area contributed by atoms with E-state index in [-0.39, 0.29) is 20.2 Å². The molecule has 0 amide bonds. The second-order valence-electron chi connectivity index (χ2n) is 8.03. The van der Waals surface area contributed by atoms with Gasteiger partial charge in [0.2, 0.25) is 0 Å². The summed E-state index contributed by atoms with van der Waals surface area (Å²) in [5, 5.41) is -1.51. The molecular formula is C36H23NOS. The maximum Gasteiger partial charge on any atom is 0.159 e. The topological polar surface area (TPSA) is 16.4 Å². The normalized spacial score (nSPS) is 19.8. The smallest absolute Gasteiger partial charge is 0.159 e. The summed E-state index contributed by atoms with van der Waals surface area (Å²) in [5.41, 5.74) is -5.03. The minimum absolute atomic E-state index is 0.173. The summed E-state index contributed by atoms with van der Waals surface area (Å²) in [4.78, 5) is 0.682. The van der Waals surface area contributed by atoms with Crippen molar-refractivity contribution in [2.75, 3.05) is 4.90 Å². The number of benzene rings is 6. The third-order valence-electron chi connectivity index (χ3n) is 5.87. The van der Waals surface area contributed by atoms with Crippen LogP contribution >= 0.6 is 11.3 Å². The van der Waals surface area contributed by atoms with Crippen LogP contribution < -0.4 is 4.90 Å². The van der Waals surface area contributed by atoms with Crippen LogP contribution in [0.2, 0.25) is 0 Å². The van der Waals surface area contributed by atoms with Crippen LogP contribution in [0.3, 0.4) is 0 Å². The Balaban J connectivity index is 1.66. The molecule has 0 spiro atoms. The van der Waals surface area contributed by atoms with E-state index in [0.29, 0.717) is 16.2 Å². The van der Waals surface area contributed by atoms with Gasteiger partial charge in [-0.1, -0.05) is 103 Å². The van der Waals surface area contributed by atoms with Gasteiger partial charge in [0.1, 0.15) is 5.58 Å². The van der Waals surface area contributed by atoms with E-state index in [9.17, 15) is 8.22 Å². The van der Waals surface area contributed by atoms with Crippen LogP contribution in [0.5, 0.6) is 0 Å². The lowest BCUT2D eigenvalue weighted by molar-refractivity contribution is 0.669. The van der Waals surface area contributed by atoms with Crippen LogP contribution in [-0.4, -0.2) is 0 Å². The van der Waals surface area contributed by atoms with Gasteiger partial charge in [-0.2, -0.15) is 0 Å². The molecule has 0 radical (unpaired) electrons. The monoisotopic (exact) mass is 540 g/mol. The Hall–Kier alpha value is -4.86. The molecule has 184 valence electrons. The zero-order valence-electron chi connectivity index (χ0n) is 42.3. The van der Waals surface area contributed by atoms with Crippen LogP contribution in [0.1, 0.15) is 31.5 Å². The van der Waals surface area contributed by atoms with Crippen LogP contribution in [-0.2, 0) is 0 Å². The lowest BCUT2D eigenvalue weighted by atomic mass is 10.0. The first kappa shape index (κ1) is 9.11. The molecule has 0 saturated heterocycles. The largest absolute Gasteiger partial charge is 0.454 e. The maximum atomic E-state index is 9.43. The molecule has 0 atom stereocenters. The predicted molar refractivity (Wildman–Crippen MR) is 167 cm³/mol. The second-order valence-corrected chi connectivity index (χ2v) is 9.05. The molecule has 0 aliphatic carbocycles. The van der Waals surface area contributed by atoms with E-state index in [4.69, 9.17) is 27.7 Å². The third kappa shape index (κ3) is 3.55. The van der Waals surface area contributed by atoms with E-state index in [1.165, 1.54) is 0 Å². The van der Waals surface area contributed by atoms with E-state index >= 15 is 0 Å². The SMILES string of the molecule is [2H]c1c([2H])c([2H])c(-c2c([2H])c([2H])c(N(c3c([2H])c([2H])c([2H])c4c3oc3c([2H])c([2H])c([2H])c([2H])c34)c3c([2H])c([2H])c([2H])c4c3sc3c([2H])c([2H])c([2H])c([2H])c34)c([2H])c2[2H])c([2H])c1[2H]. The summed E-state index contributed by atoms with van der Waals surface area (Å²) in [6, 6.07) is -19.3. The summed E-state index contributed by atoms with van der Waals surface area (Å²) < 4.78 is 207. The number of hydrogen-bond acceptors (Lipinski definition) is 3. The molecule has 2 nitrogen and oxygen atoms in total. The molecule has 0 bridgehead atoms. The molecule has 3 heteroatoms. The molecule has 39 heavy (non-hydrogen) atoms. The van der Waals surface area contributed by atoms with Crippen molar-refractivity contribution in [1.82, 2.24) is 0 Å². The number of hydrogen-bond donors (Lipinski definition) is 0. The lowest BCUT2D eigenvalue weighted by Gasteiger charge is -2.26. The van der Waals surface area contributed by atoms with Gasteiger partial charge >= 0.3 is 0 Å². The van der Waals surface area contributed by atoms with Gasteiger partial charge in [0.15, 0.2) is 5.58 Å². The predicted octanol–water partition coefficient (Wildman–Crippen LogP) is 11.1. The van der Waals surface area contributed by atoms with Crippen LogP contribution in [0, 0.1) is 0 Å². The van der Waals surface area contributed by atoms with Gasteiger partial charge in [-0.05, 0) is 47.4 Å². The summed E-state index contributed by atoms with van der Waals surface area (Å²) in [6.07, 6.45) is 0. The average molecular weight is 541 g/mol. The highest BCUT2D eigenvalue weighted by atomic mass is 32.1. The summed E-state index contributed by atoms with van der Waals surface area (Å²) in [7, 11) is 0. The van der Waals surface area contributed by atoms with E-state index in [1.54, 1.807) is 0 Å². The van der Waals surface area contributed by atoms with Gasteiger partial charge in [-0.3, -0.25) is 0 Å². The number of furan rings is 1. The highest BCUT2D eigenvalue weighted by Crippen LogP contribution is 2.47.